The average molecular weight is 476 g/mol. The minimum Gasteiger partial charge on any atom is -0.493 e. The number of esters is 1. The normalized spacial score (nSPS) is 11.5. The first-order chi connectivity index (χ1) is 16.9. The Kier molecular flexibility index (Phi) is 9.41. The summed E-state index contributed by atoms with van der Waals surface area (Å²) in [5.41, 5.74) is 4.23. The predicted octanol–water partition coefficient (Wildman–Crippen LogP) is 5.53. The van der Waals surface area contributed by atoms with Gasteiger partial charge in [-0.15, -0.1) is 0 Å². The van der Waals surface area contributed by atoms with Crippen LogP contribution in [0.5, 0.6) is 11.6 Å². The Bertz CT molecular complexity index is 1140. The molecule has 0 saturated heterocycles. The van der Waals surface area contributed by atoms with Crippen molar-refractivity contribution in [2.24, 2.45) is 0 Å². The lowest BCUT2D eigenvalue weighted by Crippen LogP contribution is -2.18. The topological polar surface area (TPSA) is 74.7 Å². The number of ketones is 1. The van der Waals surface area contributed by atoms with E-state index in [0.29, 0.717) is 42.9 Å². The summed E-state index contributed by atoms with van der Waals surface area (Å²) in [7, 11) is 1.40. The highest BCUT2D eigenvalue weighted by Crippen LogP contribution is 2.23. The molecule has 6 heteroatoms. The Balaban J connectivity index is 1.59. The van der Waals surface area contributed by atoms with Gasteiger partial charge in [0.15, 0.2) is 5.78 Å². The van der Waals surface area contributed by atoms with Gasteiger partial charge in [-0.3, -0.25) is 9.59 Å². The molecule has 0 aliphatic rings. The van der Waals surface area contributed by atoms with Gasteiger partial charge in [0.25, 0.3) is 0 Å². The monoisotopic (exact) mass is 475 g/mol. The van der Waals surface area contributed by atoms with E-state index in [-0.39, 0.29) is 17.9 Å². The van der Waals surface area contributed by atoms with Gasteiger partial charge in [0.1, 0.15) is 11.9 Å². The van der Waals surface area contributed by atoms with Crippen molar-refractivity contribution in [3.63, 3.8) is 0 Å². The Hall–Kier alpha value is -3.67. The fraction of sp³-hybridized carbons (Fsp3) is 0.345. The SMILES string of the molecule is CCc1cnc(OC(C)CCOc2ccc(CCC(=O)OC)c(C)c2)c(C(=O)c2ccccc2)c1. The molecule has 0 amide bonds. The molecule has 2 aromatic carbocycles. The first kappa shape index (κ1) is 25.9. The van der Waals surface area contributed by atoms with Crippen LogP contribution in [-0.4, -0.2) is 36.6 Å². The van der Waals surface area contributed by atoms with Crippen LogP contribution in [0.2, 0.25) is 0 Å². The third-order valence-corrected chi connectivity index (χ3v) is 5.84. The van der Waals surface area contributed by atoms with Gasteiger partial charge in [-0.1, -0.05) is 43.3 Å². The fourth-order valence-electron chi connectivity index (χ4n) is 3.66. The van der Waals surface area contributed by atoms with Crippen LogP contribution in [0.15, 0.2) is 60.8 Å². The molecule has 0 spiro atoms. The number of carbonyl (C=O) groups excluding carboxylic acids is 2. The molecular formula is C29H33NO5. The standard InChI is InChI=1S/C29H33NO5/c1-5-22-18-26(28(32)24-9-7-6-8-10-24)29(30-19-22)35-21(3)15-16-34-25-13-11-23(20(2)17-25)12-14-27(31)33-4/h6-11,13,17-19,21H,5,12,14-16H2,1-4H3. The van der Waals surface area contributed by atoms with Gasteiger partial charge in [-0.25, -0.2) is 4.98 Å². The summed E-state index contributed by atoms with van der Waals surface area (Å²) in [4.78, 5) is 28.9. The average Bonchev–Trinajstić information content (AvgIpc) is 2.88. The van der Waals surface area contributed by atoms with Gasteiger partial charge < -0.3 is 14.2 Å². The van der Waals surface area contributed by atoms with Crippen molar-refractivity contribution in [3.8, 4) is 11.6 Å². The highest BCUT2D eigenvalue weighted by Gasteiger charge is 2.19. The molecule has 3 aromatic rings. The second-order valence-electron chi connectivity index (χ2n) is 8.48. The number of benzene rings is 2. The number of ether oxygens (including phenoxy) is 3. The quantitative estimate of drug-likeness (QED) is 0.253. The molecule has 1 aromatic heterocycles. The summed E-state index contributed by atoms with van der Waals surface area (Å²) in [6.45, 7) is 6.43. The molecule has 0 saturated carbocycles. The molecule has 3 rings (SSSR count). The van der Waals surface area contributed by atoms with Crippen LogP contribution < -0.4 is 9.47 Å². The number of carbonyl (C=O) groups is 2. The van der Waals surface area contributed by atoms with E-state index in [1.165, 1.54) is 7.11 Å². The Morgan fingerprint density at radius 1 is 1.06 bits per heavy atom. The van der Waals surface area contributed by atoms with E-state index in [9.17, 15) is 9.59 Å². The molecule has 35 heavy (non-hydrogen) atoms. The van der Waals surface area contributed by atoms with Crippen molar-refractivity contribution < 1.29 is 23.8 Å². The van der Waals surface area contributed by atoms with Gasteiger partial charge >= 0.3 is 5.97 Å². The molecule has 0 N–H and O–H groups in total. The van der Waals surface area contributed by atoms with Gasteiger partial charge in [-0.05, 0) is 61.6 Å². The lowest BCUT2D eigenvalue weighted by atomic mass is 10.0. The predicted molar refractivity (Wildman–Crippen MR) is 135 cm³/mol. The van der Waals surface area contributed by atoms with Crippen molar-refractivity contribution >= 4 is 11.8 Å². The summed E-state index contributed by atoms with van der Waals surface area (Å²) in [6, 6.07) is 16.9. The molecule has 0 aliphatic carbocycles. The summed E-state index contributed by atoms with van der Waals surface area (Å²) in [5.74, 6) is 0.789. The molecule has 0 bridgehead atoms. The first-order valence-electron chi connectivity index (χ1n) is 12.0. The van der Waals surface area contributed by atoms with E-state index >= 15 is 0 Å². The molecule has 1 atom stereocenters. The van der Waals surface area contributed by atoms with Crippen LogP contribution in [0.3, 0.4) is 0 Å². The number of aromatic nitrogens is 1. The van der Waals surface area contributed by atoms with Crippen molar-refractivity contribution in [1.82, 2.24) is 4.98 Å². The van der Waals surface area contributed by atoms with E-state index in [2.05, 4.69) is 4.98 Å². The zero-order valence-electron chi connectivity index (χ0n) is 20.9. The number of nitrogens with zero attached hydrogens (tertiary/aromatic N) is 1. The second kappa shape index (κ2) is 12.7. The van der Waals surface area contributed by atoms with E-state index in [0.717, 1.165) is 28.9 Å². The van der Waals surface area contributed by atoms with E-state index in [1.807, 2.05) is 63.2 Å². The molecule has 0 aliphatic heterocycles. The van der Waals surface area contributed by atoms with Gasteiger partial charge in [0, 0.05) is 24.6 Å². The smallest absolute Gasteiger partial charge is 0.305 e. The minimum absolute atomic E-state index is 0.102. The number of pyridine rings is 1. The largest absolute Gasteiger partial charge is 0.493 e. The number of rotatable bonds is 12. The van der Waals surface area contributed by atoms with Crippen molar-refractivity contribution in [2.75, 3.05) is 13.7 Å². The summed E-state index contributed by atoms with van der Waals surface area (Å²) in [5, 5.41) is 0. The lowest BCUT2D eigenvalue weighted by molar-refractivity contribution is -0.140. The maximum absolute atomic E-state index is 13.1. The van der Waals surface area contributed by atoms with Crippen molar-refractivity contribution in [1.29, 1.82) is 0 Å². The molecule has 1 heterocycles. The molecule has 6 nitrogen and oxygen atoms in total. The lowest BCUT2D eigenvalue weighted by Gasteiger charge is -2.17. The highest BCUT2D eigenvalue weighted by atomic mass is 16.5. The molecule has 0 fully saturated rings. The number of hydrogen-bond donors (Lipinski definition) is 0. The van der Waals surface area contributed by atoms with Gasteiger partial charge in [-0.2, -0.15) is 0 Å². The van der Waals surface area contributed by atoms with Crippen LogP contribution in [0, 0.1) is 6.92 Å². The molecule has 0 radical (unpaired) electrons. The van der Waals surface area contributed by atoms with Crippen LogP contribution >= 0.6 is 0 Å². The zero-order valence-corrected chi connectivity index (χ0v) is 20.9. The van der Waals surface area contributed by atoms with Crippen LogP contribution in [0.4, 0.5) is 0 Å². The first-order valence-corrected chi connectivity index (χ1v) is 12.0. The van der Waals surface area contributed by atoms with Crippen LogP contribution in [-0.2, 0) is 22.4 Å². The fourth-order valence-corrected chi connectivity index (χ4v) is 3.66. The highest BCUT2D eigenvalue weighted by molar-refractivity contribution is 6.10. The third-order valence-electron chi connectivity index (χ3n) is 5.84. The van der Waals surface area contributed by atoms with Crippen molar-refractivity contribution in [2.45, 2.75) is 52.6 Å². The summed E-state index contributed by atoms with van der Waals surface area (Å²) >= 11 is 0. The number of hydrogen-bond acceptors (Lipinski definition) is 6. The maximum atomic E-state index is 13.1. The third kappa shape index (κ3) is 7.41. The van der Waals surface area contributed by atoms with Gasteiger partial charge in [0.2, 0.25) is 5.88 Å². The Morgan fingerprint density at radius 3 is 2.51 bits per heavy atom. The van der Waals surface area contributed by atoms with Gasteiger partial charge in [0.05, 0.1) is 19.3 Å². The molecule has 184 valence electrons. The minimum atomic E-state index is -0.217. The number of methoxy groups -OCH3 is 1. The van der Waals surface area contributed by atoms with Crippen LogP contribution in [0.1, 0.15) is 59.3 Å². The molecular weight excluding hydrogens is 442 g/mol. The van der Waals surface area contributed by atoms with E-state index in [4.69, 9.17) is 14.2 Å². The maximum Gasteiger partial charge on any atom is 0.305 e. The van der Waals surface area contributed by atoms with E-state index < -0.39 is 0 Å². The van der Waals surface area contributed by atoms with Crippen molar-refractivity contribution in [3.05, 3.63) is 88.6 Å². The van der Waals surface area contributed by atoms with E-state index in [1.54, 1.807) is 18.3 Å². The Morgan fingerprint density at radius 2 is 1.83 bits per heavy atom. The molecule has 1 unspecified atom stereocenters. The second-order valence-corrected chi connectivity index (χ2v) is 8.48. The number of aryl methyl sites for hydroxylation is 3. The zero-order chi connectivity index (χ0) is 25.2. The summed E-state index contributed by atoms with van der Waals surface area (Å²) in [6.07, 6.45) is 3.96. The summed E-state index contributed by atoms with van der Waals surface area (Å²) < 4.78 is 16.7. The van der Waals surface area contributed by atoms with Crippen LogP contribution in [0.25, 0.3) is 0 Å². The Labute approximate surface area is 207 Å².